The Morgan fingerprint density at radius 1 is 1.16 bits per heavy atom. The summed E-state index contributed by atoms with van der Waals surface area (Å²) in [7, 11) is 0. The van der Waals surface area contributed by atoms with E-state index in [9.17, 15) is 9.18 Å². The molecule has 19 heavy (non-hydrogen) atoms. The van der Waals surface area contributed by atoms with Gasteiger partial charge < -0.3 is 5.73 Å². The summed E-state index contributed by atoms with van der Waals surface area (Å²) < 4.78 is 13.2. The van der Waals surface area contributed by atoms with Crippen LogP contribution in [0.5, 0.6) is 0 Å². The third-order valence-electron chi connectivity index (χ3n) is 2.46. The van der Waals surface area contributed by atoms with Crippen LogP contribution in [0.1, 0.15) is 0 Å². The summed E-state index contributed by atoms with van der Waals surface area (Å²) in [6.45, 7) is 0. The molecule has 0 saturated carbocycles. The Morgan fingerprint density at radius 2 is 1.84 bits per heavy atom. The van der Waals surface area contributed by atoms with Gasteiger partial charge in [-0.3, -0.25) is 4.90 Å². The first-order valence-corrected chi connectivity index (χ1v) is 6.05. The number of amides is 2. The normalized spacial score (nSPS) is 10.3. The van der Waals surface area contributed by atoms with Gasteiger partial charge >= 0.3 is 6.03 Å². The smallest absolute Gasteiger partial charge is 0.323 e. The van der Waals surface area contributed by atoms with Gasteiger partial charge in [0.25, 0.3) is 0 Å². The lowest BCUT2D eigenvalue weighted by Gasteiger charge is -2.22. The molecule has 0 aliphatic carbocycles. The minimum Gasteiger partial charge on any atom is -0.351 e. The van der Waals surface area contributed by atoms with Crippen molar-refractivity contribution in [3.05, 3.63) is 58.3 Å². The maximum Gasteiger partial charge on any atom is 0.323 e. The van der Waals surface area contributed by atoms with Gasteiger partial charge in [0.1, 0.15) is 5.82 Å². The Bertz CT molecular complexity index is 634. The summed E-state index contributed by atoms with van der Waals surface area (Å²) in [4.78, 5) is 12.7. The van der Waals surface area contributed by atoms with Crippen molar-refractivity contribution < 1.29 is 9.18 Å². The molecular formula is C13H9Cl2FN2O. The van der Waals surface area contributed by atoms with E-state index in [-0.39, 0.29) is 15.7 Å². The number of nitrogens with zero attached hydrogens (tertiary/aromatic N) is 1. The molecule has 0 aliphatic rings. The van der Waals surface area contributed by atoms with Gasteiger partial charge in [-0.05, 0) is 30.3 Å². The molecule has 98 valence electrons. The fourth-order valence-electron chi connectivity index (χ4n) is 1.67. The minimum absolute atomic E-state index is 0.173. The van der Waals surface area contributed by atoms with E-state index < -0.39 is 11.8 Å². The molecule has 0 atom stereocenters. The van der Waals surface area contributed by atoms with Crippen molar-refractivity contribution in [3.8, 4) is 0 Å². The number of carbonyl (C=O) groups is 1. The second-order valence-electron chi connectivity index (χ2n) is 3.73. The SMILES string of the molecule is NC(=O)N(c1cccc(F)c1)c1cccc(Cl)c1Cl. The van der Waals surface area contributed by atoms with Crippen molar-refractivity contribution in [2.75, 3.05) is 4.90 Å². The molecule has 2 aromatic rings. The number of hydrogen-bond acceptors (Lipinski definition) is 1. The Balaban J connectivity index is 2.58. The number of hydrogen-bond donors (Lipinski definition) is 1. The zero-order valence-corrected chi connectivity index (χ0v) is 11.1. The van der Waals surface area contributed by atoms with E-state index in [4.69, 9.17) is 28.9 Å². The van der Waals surface area contributed by atoms with E-state index in [0.717, 1.165) is 4.90 Å². The number of rotatable bonds is 2. The molecule has 2 N–H and O–H groups in total. The second kappa shape index (κ2) is 5.47. The molecule has 0 spiro atoms. The number of urea groups is 1. The molecule has 2 rings (SSSR count). The van der Waals surface area contributed by atoms with Gasteiger partial charge in [-0.25, -0.2) is 9.18 Å². The van der Waals surface area contributed by atoms with Gasteiger partial charge in [0, 0.05) is 0 Å². The van der Waals surface area contributed by atoms with Crippen molar-refractivity contribution in [3.63, 3.8) is 0 Å². The van der Waals surface area contributed by atoms with Crippen molar-refractivity contribution in [1.29, 1.82) is 0 Å². The number of primary amides is 1. The van der Waals surface area contributed by atoms with Gasteiger partial charge in [-0.2, -0.15) is 0 Å². The van der Waals surface area contributed by atoms with Gasteiger partial charge in [-0.15, -0.1) is 0 Å². The monoisotopic (exact) mass is 298 g/mol. The molecule has 6 heteroatoms. The number of halogens is 3. The van der Waals surface area contributed by atoms with Crippen molar-refractivity contribution in [1.82, 2.24) is 0 Å². The summed E-state index contributed by atoms with van der Waals surface area (Å²) in [5.74, 6) is -0.484. The van der Waals surface area contributed by atoms with Gasteiger partial charge in [0.05, 0.1) is 21.4 Å². The third-order valence-corrected chi connectivity index (χ3v) is 3.27. The average molecular weight is 299 g/mol. The van der Waals surface area contributed by atoms with E-state index in [0.29, 0.717) is 5.69 Å². The molecule has 0 aliphatic heterocycles. The second-order valence-corrected chi connectivity index (χ2v) is 4.51. The molecule has 2 amide bonds. The van der Waals surface area contributed by atoms with E-state index in [1.165, 1.54) is 18.2 Å². The standard InChI is InChI=1S/C13H9Cl2FN2O/c14-10-5-2-6-11(12(10)15)18(13(17)19)9-4-1-3-8(16)7-9/h1-7H,(H2,17,19). The van der Waals surface area contributed by atoms with Crippen LogP contribution in [0.2, 0.25) is 10.0 Å². The zero-order valence-electron chi connectivity index (χ0n) is 9.61. The molecule has 0 bridgehead atoms. The highest BCUT2D eigenvalue weighted by molar-refractivity contribution is 6.44. The molecule has 0 unspecified atom stereocenters. The first kappa shape index (κ1) is 13.6. The van der Waals surface area contributed by atoms with Crippen LogP contribution in [0.4, 0.5) is 20.6 Å². The third kappa shape index (κ3) is 2.80. The molecule has 3 nitrogen and oxygen atoms in total. The summed E-state index contributed by atoms with van der Waals surface area (Å²) in [6, 6.07) is 9.46. The van der Waals surface area contributed by atoms with Crippen molar-refractivity contribution in [2.45, 2.75) is 0 Å². The Labute approximate surface area is 119 Å². The maximum absolute atomic E-state index is 13.2. The van der Waals surface area contributed by atoms with E-state index >= 15 is 0 Å². The number of nitrogens with two attached hydrogens (primary N) is 1. The molecule has 0 fully saturated rings. The lowest BCUT2D eigenvalue weighted by atomic mass is 10.2. The Hall–Kier alpha value is -1.78. The minimum atomic E-state index is -0.783. The maximum atomic E-state index is 13.2. The fraction of sp³-hybridized carbons (Fsp3) is 0. The van der Waals surface area contributed by atoms with Crippen molar-refractivity contribution >= 4 is 40.6 Å². The molecule has 0 radical (unpaired) electrons. The average Bonchev–Trinajstić information content (AvgIpc) is 2.34. The highest BCUT2D eigenvalue weighted by Gasteiger charge is 2.19. The molecule has 0 saturated heterocycles. The van der Waals surface area contributed by atoms with Gasteiger partial charge in [-0.1, -0.05) is 35.3 Å². The number of benzene rings is 2. The van der Waals surface area contributed by atoms with E-state index in [2.05, 4.69) is 0 Å². The largest absolute Gasteiger partial charge is 0.351 e. The lowest BCUT2D eigenvalue weighted by molar-refractivity contribution is 0.256. The predicted octanol–water partition coefficient (Wildman–Crippen LogP) is 4.35. The van der Waals surface area contributed by atoms with E-state index in [1.807, 2.05) is 0 Å². The molecular weight excluding hydrogens is 290 g/mol. The van der Waals surface area contributed by atoms with E-state index in [1.54, 1.807) is 24.3 Å². The fourth-order valence-corrected chi connectivity index (χ4v) is 2.05. The molecule has 0 heterocycles. The van der Waals surface area contributed by atoms with Crippen LogP contribution in [-0.2, 0) is 0 Å². The first-order chi connectivity index (χ1) is 9.00. The summed E-state index contributed by atoms with van der Waals surface area (Å²) in [5, 5.41) is 0.453. The number of carbonyl (C=O) groups excluding carboxylic acids is 1. The van der Waals surface area contributed by atoms with Crippen LogP contribution in [0, 0.1) is 5.82 Å². The highest BCUT2D eigenvalue weighted by atomic mass is 35.5. The van der Waals surface area contributed by atoms with Crippen LogP contribution in [-0.4, -0.2) is 6.03 Å². The van der Waals surface area contributed by atoms with Crippen LogP contribution in [0.25, 0.3) is 0 Å². The highest BCUT2D eigenvalue weighted by Crippen LogP contribution is 2.36. The van der Waals surface area contributed by atoms with Crippen LogP contribution >= 0.6 is 23.2 Å². The summed E-state index contributed by atoms with van der Waals surface area (Å²) >= 11 is 11.9. The Morgan fingerprint density at radius 3 is 2.47 bits per heavy atom. The zero-order chi connectivity index (χ0) is 14.0. The molecule has 0 aromatic heterocycles. The number of anilines is 2. The lowest BCUT2D eigenvalue weighted by Crippen LogP contribution is -2.31. The van der Waals surface area contributed by atoms with Gasteiger partial charge in [0.2, 0.25) is 0 Å². The topological polar surface area (TPSA) is 46.3 Å². The summed E-state index contributed by atoms with van der Waals surface area (Å²) in [5.41, 5.74) is 5.91. The summed E-state index contributed by atoms with van der Waals surface area (Å²) in [6.07, 6.45) is 0. The van der Waals surface area contributed by atoms with Gasteiger partial charge in [0.15, 0.2) is 0 Å². The van der Waals surface area contributed by atoms with Crippen molar-refractivity contribution in [2.24, 2.45) is 5.73 Å². The van der Waals surface area contributed by atoms with Crippen LogP contribution in [0.3, 0.4) is 0 Å². The van der Waals surface area contributed by atoms with Crippen LogP contribution < -0.4 is 10.6 Å². The predicted molar refractivity (Wildman–Crippen MR) is 74.6 cm³/mol. The van der Waals surface area contributed by atoms with Crippen LogP contribution in [0.15, 0.2) is 42.5 Å². The first-order valence-electron chi connectivity index (χ1n) is 5.30. The molecule has 2 aromatic carbocycles. The Kier molecular flexibility index (Phi) is 3.93. The quantitative estimate of drug-likeness (QED) is 0.880.